The van der Waals surface area contributed by atoms with Gasteiger partial charge in [0.2, 0.25) is 0 Å². The molecule has 0 atom stereocenters. The highest BCUT2D eigenvalue weighted by atomic mass is 32.2. The largest absolute Gasteiger partial charge is 0.432 e. The molecular weight excluding hydrogens is 208 g/mol. The first-order valence-electron chi connectivity index (χ1n) is 4.18. The average molecular weight is 222 g/mol. The van der Waals surface area contributed by atoms with Crippen molar-refractivity contribution in [2.24, 2.45) is 0 Å². The molecule has 0 amide bonds. The predicted octanol–water partition coefficient (Wildman–Crippen LogP) is 1.12. The van der Waals surface area contributed by atoms with Crippen LogP contribution >= 0.6 is 0 Å². The molecule has 0 heterocycles. The van der Waals surface area contributed by atoms with E-state index in [1.807, 2.05) is 0 Å². The number of esters is 1. The van der Waals surface area contributed by atoms with E-state index in [0.717, 1.165) is 0 Å². The molecule has 1 N–H and O–H groups in total. The predicted molar refractivity (Wildman–Crippen MR) is 51.2 cm³/mol. The lowest BCUT2D eigenvalue weighted by Crippen LogP contribution is -2.06. The highest BCUT2D eigenvalue weighted by molar-refractivity contribution is 7.85. The Morgan fingerprint density at radius 2 is 2.07 bits per heavy atom. The lowest BCUT2D eigenvalue weighted by Gasteiger charge is -2.04. The molecular formula is C8H14O5S. The fourth-order valence-corrected chi connectivity index (χ4v) is 1.25. The van der Waals surface area contributed by atoms with E-state index >= 15 is 0 Å². The normalized spacial score (nSPS) is 11.0. The Balaban J connectivity index is 3.71. The van der Waals surface area contributed by atoms with Gasteiger partial charge in [-0.1, -0.05) is 13.5 Å². The smallest absolute Gasteiger partial charge is 0.310 e. The van der Waals surface area contributed by atoms with Gasteiger partial charge < -0.3 is 4.74 Å². The van der Waals surface area contributed by atoms with E-state index in [-0.39, 0.29) is 30.8 Å². The van der Waals surface area contributed by atoms with Crippen LogP contribution in [0.3, 0.4) is 0 Å². The van der Waals surface area contributed by atoms with Crippen molar-refractivity contribution in [3.8, 4) is 0 Å². The van der Waals surface area contributed by atoms with E-state index in [1.54, 1.807) is 6.92 Å². The molecule has 82 valence electrons. The minimum Gasteiger partial charge on any atom is -0.432 e. The first-order valence-corrected chi connectivity index (χ1v) is 5.79. The summed E-state index contributed by atoms with van der Waals surface area (Å²) < 4.78 is 33.7. The molecule has 0 fully saturated rings. The highest BCUT2D eigenvalue weighted by Crippen LogP contribution is 2.06. The van der Waals surface area contributed by atoms with Crippen molar-refractivity contribution in [1.82, 2.24) is 0 Å². The molecule has 14 heavy (non-hydrogen) atoms. The van der Waals surface area contributed by atoms with Crippen molar-refractivity contribution >= 4 is 16.1 Å². The summed E-state index contributed by atoms with van der Waals surface area (Å²) in [4.78, 5) is 10.7. The monoisotopic (exact) mass is 222 g/mol. The van der Waals surface area contributed by atoms with Crippen LogP contribution in [0.15, 0.2) is 12.3 Å². The van der Waals surface area contributed by atoms with Crippen molar-refractivity contribution in [1.29, 1.82) is 0 Å². The Labute approximate surface area is 83.5 Å². The Morgan fingerprint density at radius 1 is 1.50 bits per heavy atom. The van der Waals surface area contributed by atoms with Crippen molar-refractivity contribution < 1.29 is 22.5 Å². The first-order chi connectivity index (χ1) is 6.35. The highest BCUT2D eigenvalue weighted by Gasteiger charge is 2.06. The molecule has 0 radical (unpaired) electrons. The van der Waals surface area contributed by atoms with Crippen molar-refractivity contribution in [2.75, 3.05) is 5.75 Å². The number of hydrogen-bond acceptors (Lipinski definition) is 4. The Kier molecular flexibility index (Phi) is 5.40. The van der Waals surface area contributed by atoms with E-state index in [4.69, 9.17) is 9.29 Å². The number of carbonyl (C=O) groups is 1. The van der Waals surface area contributed by atoms with E-state index < -0.39 is 16.1 Å². The summed E-state index contributed by atoms with van der Waals surface area (Å²) in [5, 5.41) is 0. The molecule has 0 saturated carbocycles. The van der Waals surface area contributed by atoms with Crippen LogP contribution in [0.25, 0.3) is 0 Å². The molecule has 6 heteroatoms. The van der Waals surface area contributed by atoms with Crippen LogP contribution in [0.2, 0.25) is 0 Å². The first kappa shape index (κ1) is 13.1. The van der Waals surface area contributed by atoms with Gasteiger partial charge >= 0.3 is 5.97 Å². The van der Waals surface area contributed by atoms with Crippen LogP contribution in [0.5, 0.6) is 0 Å². The third-order valence-electron chi connectivity index (χ3n) is 1.40. The Morgan fingerprint density at radius 3 is 2.50 bits per heavy atom. The van der Waals surface area contributed by atoms with E-state index in [0.29, 0.717) is 0 Å². The third kappa shape index (κ3) is 7.75. The molecule has 0 aliphatic heterocycles. The van der Waals surface area contributed by atoms with Crippen LogP contribution in [0.1, 0.15) is 26.2 Å². The quantitative estimate of drug-likeness (QED) is 0.414. The van der Waals surface area contributed by atoms with Crippen LogP contribution < -0.4 is 0 Å². The van der Waals surface area contributed by atoms with Crippen LogP contribution in [0.4, 0.5) is 0 Å². The molecule has 0 aromatic carbocycles. The zero-order valence-electron chi connectivity index (χ0n) is 8.02. The zero-order valence-corrected chi connectivity index (χ0v) is 8.84. The fraction of sp³-hybridized carbons (Fsp3) is 0.625. The second-order valence-corrected chi connectivity index (χ2v) is 4.33. The maximum atomic E-state index is 10.7. The molecule has 0 aromatic rings. The summed E-state index contributed by atoms with van der Waals surface area (Å²) in [5.74, 6) is -0.530. The molecule has 0 spiro atoms. The maximum absolute atomic E-state index is 10.7. The number of carbonyl (C=O) groups excluding carboxylic acids is 1. The molecule has 0 aliphatic carbocycles. The van der Waals surface area contributed by atoms with Crippen LogP contribution in [-0.4, -0.2) is 24.7 Å². The second kappa shape index (κ2) is 5.77. The number of hydrogen-bond donors (Lipinski definition) is 1. The summed E-state index contributed by atoms with van der Waals surface area (Å²) in [6, 6.07) is 0. The number of allylic oxidation sites excluding steroid dienone is 1. The van der Waals surface area contributed by atoms with Crippen LogP contribution in [0, 0.1) is 0 Å². The molecule has 0 rings (SSSR count). The molecule has 0 saturated heterocycles. The SMILES string of the molecule is C=C(CCCS(=O)(=O)O)OC(=O)CC. The lowest BCUT2D eigenvalue weighted by atomic mass is 10.3. The topological polar surface area (TPSA) is 80.7 Å². The molecule has 0 unspecified atom stereocenters. The van der Waals surface area contributed by atoms with E-state index in [2.05, 4.69) is 6.58 Å². The van der Waals surface area contributed by atoms with Gasteiger partial charge in [-0.3, -0.25) is 9.35 Å². The minimum atomic E-state index is -3.94. The van der Waals surface area contributed by atoms with Crippen LogP contribution in [-0.2, 0) is 19.6 Å². The summed E-state index contributed by atoms with van der Waals surface area (Å²) >= 11 is 0. The van der Waals surface area contributed by atoms with Gasteiger partial charge in [0, 0.05) is 12.8 Å². The molecule has 0 aromatic heterocycles. The third-order valence-corrected chi connectivity index (χ3v) is 2.21. The summed E-state index contributed by atoms with van der Waals surface area (Å²) in [7, 11) is -3.94. The van der Waals surface area contributed by atoms with Gasteiger partial charge in [-0.05, 0) is 6.42 Å². The fourth-order valence-electron chi connectivity index (χ4n) is 0.736. The van der Waals surface area contributed by atoms with Gasteiger partial charge in [0.15, 0.2) is 0 Å². The summed E-state index contributed by atoms with van der Waals surface area (Å²) in [6.45, 7) is 5.09. The minimum absolute atomic E-state index is 0.189. The van der Waals surface area contributed by atoms with Gasteiger partial charge in [-0.15, -0.1) is 0 Å². The molecule has 0 aliphatic rings. The summed E-state index contributed by atoms with van der Waals surface area (Å²) in [6.07, 6.45) is 0.678. The molecule has 5 nitrogen and oxygen atoms in total. The lowest BCUT2D eigenvalue weighted by molar-refractivity contribution is -0.139. The Bertz CT molecular complexity index is 304. The van der Waals surface area contributed by atoms with E-state index in [9.17, 15) is 13.2 Å². The van der Waals surface area contributed by atoms with Crippen molar-refractivity contribution in [2.45, 2.75) is 26.2 Å². The van der Waals surface area contributed by atoms with Gasteiger partial charge in [0.05, 0.1) is 5.75 Å². The summed E-state index contributed by atoms with van der Waals surface area (Å²) in [5.41, 5.74) is 0. The number of rotatable bonds is 6. The van der Waals surface area contributed by atoms with Gasteiger partial charge in [0.1, 0.15) is 5.76 Å². The zero-order chi connectivity index (χ0) is 11.2. The van der Waals surface area contributed by atoms with Gasteiger partial charge in [0.25, 0.3) is 10.1 Å². The Hall–Kier alpha value is -0.880. The molecule has 0 bridgehead atoms. The standard InChI is InChI=1S/C8H14O5S/c1-3-8(9)13-7(2)5-4-6-14(10,11)12/h2-6H2,1H3,(H,10,11,12). The van der Waals surface area contributed by atoms with Crippen molar-refractivity contribution in [3.63, 3.8) is 0 Å². The van der Waals surface area contributed by atoms with Gasteiger partial charge in [-0.2, -0.15) is 8.42 Å². The van der Waals surface area contributed by atoms with Gasteiger partial charge in [-0.25, -0.2) is 0 Å². The van der Waals surface area contributed by atoms with E-state index in [1.165, 1.54) is 0 Å². The van der Waals surface area contributed by atoms with Crippen molar-refractivity contribution in [3.05, 3.63) is 12.3 Å². The number of ether oxygens (including phenoxy) is 1. The second-order valence-electron chi connectivity index (χ2n) is 2.76. The maximum Gasteiger partial charge on any atom is 0.310 e. The average Bonchev–Trinajstić information content (AvgIpc) is 2.01.